The summed E-state index contributed by atoms with van der Waals surface area (Å²) in [6.45, 7) is 14.2. The second-order valence-corrected chi connectivity index (χ2v) is 56.0. The van der Waals surface area contributed by atoms with Crippen LogP contribution in [0.15, 0.2) is 102 Å². The first-order valence-corrected chi connectivity index (χ1v) is 32.8. The third-order valence-corrected chi connectivity index (χ3v) is 62.6. The van der Waals surface area contributed by atoms with E-state index in [2.05, 4.69) is 144 Å². The van der Waals surface area contributed by atoms with E-state index in [1.807, 2.05) is 0 Å². The Bertz CT molecular complexity index is 1750. The fourth-order valence-electron chi connectivity index (χ4n) is 8.46. The Morgan fingerprint density at radius 2 is 1.32 bits per heavy atom. The predicted octanol–water partition coefficient (Wildman–Crippen LogP) is 12.7. The Hall–Kier alpha value is -1.96. The van der Waals surface area contributed by atoms with Crippen molar-refractivity contribution in [3.8, 4) is 22.3 Å². The van der Waals surface area contributed by atoms with Crippen LogP contribution in [-0.2, 0) is 15.6 Å². The summed E-state index contributed by atoms with van der Waals surface area (Å²) in [5.41, 5.74) is 14.7. The van der Waals surface area contributed by atoms with Crippen LogP contribution < -0.4 is 0 Å². The minimum absolute atomic E-state index is 0.101. The van der Waals surface area contributed by atoms with Crippen LogP contribution in [0.25, 0.3) is 34.4 Å². The van der Waals surface area contributed by atoms with Gasteiger partial charge < -0.3 is 0 Å². The summed E-state index contributed by atoms with van der Waals surface area (Å²) < 4.78 is 0.213. The van der Waals surface area contributed by atoms with E-state index in [4.69, 9.17) is 17.0 Å². The first-order valence-electron chi connectivity index (χ1n) is 16.5. The standard InChI is InChI=1S/C21H23.C17H15.C2H7Si.2ClH.Zr/c1-3-9-16(4-2)19-14-18-12-8-13-20(21(18)15-19)17-10-6-5-7-11-17;1-12-10-16-13(2)8-9-15(17(16)11-12)14-6-4-3-5-7-14;1-3-2;;;/h5-8,10-16H,3-4,9H2,1-2H3;3-11H,1-2H3;3H,1-2H3;2*1H;/q;;;;;+2/p-2. The van der Waals surface area contributed by atoms with Crippen LogP contribution >= 0.6 is 17.0 Å². The molecule has 0 bridgehead atoms. The Morgan fingerprint density at radius 3 is 1.89 bits per heavy atom. The fourth-order valence-corrected chi connectivity index (χ4v) is 40.5. The molecule has 0 aromatic heterocycles. The molecule has 3 unspecified atom stereocenters. The van der Waals surface area contributed by atoms with Crippen molar-refractivity contribution in [1.82, 2.24) is 0 Å². The summed E-state index contributed by atoms with van der Waals surface area (Å²) in [6.07, 6.45) is 8.41. The predicted molar refractivity (Wildman–Crippen MR) is 195 cm³/mol. The van der Waals surface area contributed by atoms with Crippen LogP contribution in [0.1, 0.15) is 75.1 Å². The molecule has 2 aliphatic rings. The van der Waals surface area contributed by atoms with E-state index in [9.17, 15) is 0 Å². The van der Waals surface area contributed by atoms with Gasteiger partial charge in [-0.15, -0.1) is 0 Å². The molecule has 4 aromatic carbocycles. The van der Waals surface area contributed by atoms with Crippen molar-refractivity contribution in [1.29, 1.82) is 0 Å². The summed E-state index contributed by atoms with van der Waals surface area (Å²) in [7, 11) is 17.4. The number of fused-ring (bicyclic) bond motifs is 2. The topological polar surface area (TPSA) is 0 Å². The normalized spacial score (nSPS) is 19.2. The van der Waals surface area contributed by atoms with Gasteiger partial charge in [0.1, 0.15) is 0 Å². The van der Waals surface area contributed by atoms with Crippen molar-refractivity contribution < 1.29 is 15.6 Å². The van der Waals surface area contributed by atoms with Crippen LogP contribution in [0.5, 0.6) is 0 Å². The molecule has 3 atom stereocenters. The number of allylic oxidation sites excluding steroid dienone is 2. The number of benzene rings is 4. The molecule has 6 rings (SSSR count). The van der Waals surface area contributed by atoms with Gasteiger partial charge in [0.2, 0.25) is 0 Å². The third kappa shape index (κ3) is 5.04. The maximum atomic E-state index is 8.71. The van der Waals surface area contributed by atoms with Crippen molar-refractivity contribution >= 4 is 35.1 Å². The molecule has 2 aliphatic carbocycles. The SMILES string of the molecule is CCCC(CC)C1=Cc2c(-c3ccccc3)cccc2[CH]1[Zr]([Cl])([Cl])([CH]1C(C)=Cc2c(-c3ccccc3)ccc(C)c21)[SiH](C)C. The van der Waals surface area contributed by atoms with Crippen LogP contribution in [0.4, 0.5) is 0 Å². The number of hydrogen-bond acceptors (Lipinski definition) is 0. The van der Waals surface area contributed by atoms with Crippen LogP contribution in [-0.4, -0.2) is 5.92 Å². The second-order valence-electron chi connectivity index (χ2n) is 13.5. The number of rotatable bonds is 9. The monoisotopic (exact) mass is 713 g/mol. The van der Waals surface area contributed by atoms with Gasteiger partial charge in [-0.3, -0.25) is 0 Å². The number of hydrogen-bond donors (Lipinski definition) is 0. The van der Waals surface area contributed by atoms with Crippen LogP contribution in [0, 0.1) is 12.8 Å². The van der Waals surface area contributed by atoms with Gasteiger partial charge in [0, 0.05) is 0 Å². The summed E-state index contributed by atoms with van der Waals surface area (Å²) >= 11 is -4.84. The van der Waals surface area contributed by atoms with Gasteiger partial charge in [0.05, 0.1) is 0 Å². The molecule has 44 heavy (non-hydrogen) atoms. The van der Waals surface area contributed by atoms with E-state index < -0.39 is 21.5 Å². The van der Waals surface area contributed by atoms with E-state index in [1.165, 1.54) is 67.6 Å². The third-order valence-electron chi connectivity index (χ3n) is 10.7. The Balaban J connectivity index is 1.63. The Labute approximate surface area is 274 Å². The molecule has 0 radical (unpaired) electrons. The van der Waals surface area contributed by atoms with Crippen molar-refractivity contribution in [2.24, 2.45) is 5.92 Å². The van der Waals surface area contributed by atoms with Crippen molar-refractivity contribution in [2.75, 3.05) is 0 Å². The van der Waals surface area contributed by atoms with Crippen molar-refractivity contribution in [2.45, 2.75) is 67.3 Å². The second kappa shape index (κ2) is 12.3. The van der Waals surface area contributed by atoms with E-state index >= 15 is 0 Å². The molecule has 227 valence electrons. The molecule has 0 fully saturated rings. The molecule has 0 saturated heterocycles. The average Bonchev–Trinajstić information content (AvgIpc) is 3.60. The van der Waals surface area contributed by atoms with Gasteiger partial charge >= 0.3 is 276 Å². The molecule has 0 spiro atoms. The Morgan fingerprint density at radius 1 is 0.705 bits per heavy atom. The number of aryl methyl sites for hydroxylation is 1. The Kier molecular flexibility index (Phi) is 8.97. The molecule has 0 saturated carbocycles. The summed E-state index contributed by atoms with van der Waals surface area (Å²) in [5, 5.41) is 0. The molecule has 0 heterocycles. The quantitative estimate of drug-likeness (QED) is 0.151. The maximum absolute atomic E-state index is 8.71. The van der Waals surface area contributed by atoms with Crippen molar-refractivity contribution in [3.63, 3.8) is 0 Å². The van der Waals surface area contributed by atoms with Gasteiger partial charge in [-0.1, -0.05) is 0 Å². The van der Waals surface area contributed by atoms with E-state index in [-0.39, 0.29) is 7.25 Å². The number of halogens is 2. The molecule has 0 nitrogen and oxygen atoms in total. The zero-order valence-electron chi connectivity index (χ0n) is 27.0. The van der Waals surface area contributed by atoms with E-state index in [0.717, 1.165) is 12.8 Å². The first kappa shape index (κ1) is 32.0. The fraction of sp³-hybridized carbons (Fsp3) is 0.300. The van der Waals surface area contributed by atoms with Gasteiger partial charge in [0.25, 0.3) is 0 Å². The zero-order valence-corrected chi connectivity index (χ0v) is 32.1. The van der Waals surface area contributed by atoms with E-state index in [0.29, 0.717) is 5.92 Å². The summed E-state index contributed by atoms with van der Waals surface area (Å²) in [5.74, 6) is -1.16. The van der Waals surface area contributed by atoms with Crippen LogP contribution in [0.2, 0.25) is 13.1 Å². The van der Waals surface area contributed by atoms with Crippen LogP contribution in [0.3, 0.4) is 0 Å². The molecule has 4 aromatic rings. The van der Waals surface area contributed by atoms with Crippen molar-refractivity contribution in [3.05, 3.63) is 130 Å². The van der Waals surface area contributed by atoms with Gasteiger partial charge in [-0.25, -0.2) is 0 Å². The first-order chi connectivity index (χ1) is 21.1. The summed E-state index contributed by atoms with van der Waals surface area (Å²) in [6, 6.07) is 33.2. The molecular formula is C40H45Cl2SiZr. The molecule has 4 heteroatoms. The zero-order chi connectivity index (χ0) is 31.2. The average molecular weight is 716 g/mol. The molecule has 0 aliphatic heterocycles. The molecule has 0 amide bonds. The van der Waals surface area contributed by atoms with Gasteiger partial charge in [-0.05, 0) is 0 Å². The van der Waals surface area contributed by atoms with Gasteiger partial charge in [0.15, 0.2) is 0 Å². The molecular weight excluding hydrogens is 671 g/mol. The van der Waals surface area contributed by atoms with E-state index in [1.54, 1.807) is 0 Å². The van der Waals surface area contributed by atoms with Gasteiger partial charge in [-0.2, -0.15) is 0 Å². The minimum atomic E-state index is -4.84. The summed E-state index contributed by atoms with van der Waals surface area (Å²) in [4.78, 5) is 0. The molecule has 0 N–H and O–H groups in total.